The second kappa shape index (κ2) is 16.3. The van der Waals surface area contributed by atoms with Crippen molar-refractivity contribution in [3.63, 3.8) is 0 Å². The molecule has 50 heavy (non-hydrogen) atoms. The van der Waals surface area contributed by atoms with Gasteiger partial charge in [0.25, 0.3) is 0 Å². The molecular weight excluding hydrogens is 691 g/mol. The van der Waals surface area contributed by atoms with Crippen LogP contribution in [-0.2, 0) is 23.6 Å². The Morgan fingerprint density at radius 1 is 0.640 bits per heavy atom. The molecule has 4 nitrogen and oxygen atoms in total. The van der Waals surface area contributed by atoms with E-state index in [0.717, 1.165) is 16.2 Å². The third-order valence-electron chi connectivity index (χ3n) is 7.73. The molecule has 5 rings (SSSR count). The Kier molecular flexibility index (Phi) is 11.9. The van der Waals surface area contributed by atoms with Crippen LogP contribution in [0.2, 0.25) is 0 Å². The maximum absolute atomic E-state index is 14.2. The number of hydrogen-bond donors (Lipinski definition) is 3. The summed E-state index contributed by atoms with van der Waals surface area (Å²) in [6, 6.07) is 37.9. The average molecular weight is 724 g/mol. The highest BCUT2D eigenvalue weighted by Crippen LogP contribution is 2.38. The van der Waals surface area contributed by atoms with E-state index in [9.17, 15) is 31.1 Å². The minimum atomic E-state index is -5.04. The standard InChI is InChI=1S/C38H32F6N3OPS/c39-37(40,41)28-22-29(38(42,43)44)24-30(23-28)46-36(50)47-34(27-15-7-2-8-16-27)35(48)45-31(21-26-13-5-1-6-14-26)25-49(32-17-9-3-10-18-32)33-19-11-4-12-20-33/h1-20,22-24,31,34H,21,25H2,(H,45,48)(H2,46,47,50)/t31-,34+/m0/s1. The number of halogens is 6. The molecule has 258 valence electrons. The number of alkyl halides is 6. The van der Waals surface area contributed by atoms with Crippen molar-refractivity contribution in [2.24, 2.45) is 0 Å². The van der Waals surface area contributed by atoms with E-state index < -0.39 is 49.0 Å². The topological polar surface area (TPSA) is 53.2 Å². The summed E-state index contributed by atoms with van der Waals surface area (Å²) in [5.41, 5.74) is -2.03. The Bertz CT molecular complexity index is 1790. The highest BCUT2D eigenvalue weighted by molar-refractivity contribution is 7.80. The average Bonchev–Trinajstić information content (AvgIpc) is 3.10. The van der Waals surface area contributed by atoms with Gasteiger partial charge in [0, 0.05) is 11.7 Å². The minimum Gasteiger partial charge on any atom is -0.351 e. The van der Waals surface area contributed by atoms with Crippen LogP contribution < -0.4 is 26.6 Å². The minimum absolute atomic E-state index is 0.0362. The Balaban J connectivity index is 1.44. The van der Waals surface area contributed by atoms with Gasteiger partial charge in [0.15, 0.2) is 5.11 Å². The first-order valence-electron chi connectivity index (χ1n) is 15.5. The number of nitrogens with one attached hydrogen (secondary N) is 3. The first-order chi connectivity index (χ1) is 23.9. The second-order valence-corrected chi connectivity index (χ2v) is 14.1. The maximum Gasteiger partial charge on any atom is 0.416 e. The molecule has 1 amide bonds. The van der Waals surface area contributed by atoms with Crippen LogP contribution in [0.1, 0.15) is 28.3 Å². The summed E-state index contributed by atoms with van der Waals surface area (Å²) >= 11 is 5.36. The molecule has 0 heterocycles. The molecule has 0 radical (unpaired) electrons. The molecule has 0 aliphatic carbocycles. The highest BCUT2D eigenvalue weighted by atomic mass is 32.1. The Morgan fingerprint density at radius 3 is 1.58 bits per heavy atom. The summed E-state index contributed by atoms with van der Waals surface area (Å²) in [6.07, 6.45) is -8.99. The van der Waals surface area contributed by atoms with Crippen molar-refractivity contribution < 1.29 is 31.1 Å². The van der Waals surface area contributed by atoms with Gasteiger partial charge in [-0.25, -0.2) is 0 Å². The van der Waals surface area contributed by atoms with E-state index in [4.69, 9.17) is 12.2 Å². The van der Waals surface area contributed by atoms with Gasteiger partial charge in [-0.1, -0.05) is 121 Å². The van der Waals surface area contributed by atoms with Crippen molar-refractivity contribution in [3.8, 4) is 0 Å². The van der Waals surface area contributed by atoms with E-state index in [0.29, 0.717) is 30.3 Å². The lowest BCUT2D eigenvalue weighted by Gasteiger charge is -2.28. The van der Waals surface area contributed by atoms with Crippen LogP contribution in [0.4, 0.5) is 32.0 Å². The third-order valence-corrected chi connectivity index (χ3v) is 10.6. The van der Waals surface area contributed by atoms with Gasteiger partial charge >= 0.3 is 12.4 Å². The largest absolute Gasteiger partial charge is 0.416 e. The molecule has 0 spiro atoms. The van der Waals surface area contributed by atoms with E-state index in [2.05, 4.69) is 40.2 Å². The summed E-state index contributed by atoms with van der Waals surface area (Å²) in [7, 11) is -0.923. The number of thiocarbonyl (C=S) groups is 1. The van der Waals surface area contributed by atoms with Crippen LogP contribution in [0.25, 0.3) is 0 Å². The number of carbonyl (C=O) groups is 1. The number of carbonyl (C=O) groups excluding carboxylic acids is 1. The lowest BCUT2D eigenvalue weighted by Crippen LogP contribution is -2.47. The Labute approximate surface area is 292 Å². The SMILES string of the molecule is O=C(N[C@@H](Cc1ccccc1)CP(c1ccccc1)c1ccccc1)[C@H](NC(=S)Nc1cc(C(F)(F)F)cc(C(F)(F)F)c1)c1ccccc1. The molecule has 0 aliphatic rings. The van der Waals surface area contributed by atoms with Gasteiger partial charge < -0.3 is 16.0 Å². The van der Waals surface area contributed by atoms with Crippen LogP contribution in [-0.4, -0.2) is 23.2 Å². The van der Waals surface area contributed by atoms with E-state index in [-0.39, 0.29) is 17.2 Å². The highest BCUT2D eigenvalue weighted by Gasteiger charge is 2.37. The normalized spacial score (nSPS) is 12.9. The second-order valence-electron chi connectivity index (χ2n) is 11.4. The lowest BCUT2D eigenvalue weighted by atomic mass is 10.0. The van der Waals surface area contributed by atoms with Crippen molar-refractivity contribution in [2.75, 3.05) is 11.5 Å². The molecule has 0 unspecified atom stereocenters. The van der Waals surface area contributed by atoms with Crippen LogP contribution in [0.15, 0.2) is 140 Å². The Morgan fingerprint density at radius 2 is 1.10 bits per heavy atom. The zero-order valence-electron chi connectivity index (χ0n) is 26.4. The smallest absolute Gasteiger partial charge is 0.351 e. The summed E-state index contributed by atoms with van der Waals surface area (Å²) in [5.74, 6) is -0.475. The van der Waals surface area contributed by atoms with Gasteiger partial charge in [0.2, 0.25) is 5.91 Å². The zero-order valence-corrected chi connectivity index (χ0v) is 28.1. The van der Waals surface area contributed by atoms with Gasteiger partial charge in [-0.3, -0.25) is 4.79 Å². The van der Waals surface area contributed by atoms with Crippen molar-refractivity contribution in [1.29, 1.82) is 0 Å². The van der Waals surface area contributed by atoms with Crippen molar-refractivity contribution >= 4 is 47.5 Å². The molecule has 0 aromatic heterocycles. The number of hydrogen-bond acceptors (Lipinski definition) is 2. The van der Waals surface area contributed by atoms with Gasteiger partial charge in [-0.05, 0) is 72.7 Å². The van der Waals surface area contributed by atoms with Crippen LogP contribution >= 0.6 is 20.1 Å². The van der Waals surface area contributed by atoms with Gasteiger partial charge in [-0.15, -0.1) is 0 Å². The number of benzene rings is 5. The van der Waals surface area contributed by atoms with Crippen LogP contribution in [0.5, 0.6) is 0 Å². The first-order valence-corrected chi connectivity index (χ1v) is 17.4. The predicted octanol–water partition coefficient (Wildman–Crippen LogP) is 8.61. The van der Waals surface area contributed by atoms with E-state index in [1.807, 2.05) is 66.7 Å². The first kappa shape index (κ1) is 36.5. The molecule has 0 fully saturated rings. The lowest BCUT2D eigenvalue weighted by molar-refractivity contribution is -0.143. The summed E-state index contributed by atoms with van der Waals surface area (Å²) in [5, 5.41) is 10.4. The predicted molar refractivity (Wildman–Crippen MR) is 191 cm³/mol. The van der Waals surface area contributed by atoms with Gasteiger partial charge in [-0.2, -0.15) is 26.3 Å². The van der Waals surface area contributed by atoms with Gasteiger partial charge in [0.1, 0.15) is 6.04 Å². The quantitative estimate of drug-likeness (QED) is 0.0727. The van der Waals surface area contributed by atoms with E-state index in [1.54, 1.807) is 30.3 Å². The van der Waals surface area contributed by atoms with Crippen molar-refractivity contribution in [3.05, 3.63) is 162 Å². The molecule has 2 atom stereocenters. The summed E-state index contributed by atoms with van der Waals surface area (Å²) < 4.78 is 81.0. The van der Waals surface area contributed by atoms with Gasteiger partial charge in [0.05, 0.1) is 11.1 Å². The number of anilines is 1. The fraction of sp³-hybridized carbons (Fsp3) is 0.158. The molecular formula is C38H32F6N3OPS. The maximum atomic E-state index is 14.2. The molecule has 0 saturated heterocycles. The van der Waals surface area contributed by atoms with Crippen molar-refractivity contribution in [2.45, 2.75) is 30.9 Å². The zero-order chi connectivity index (χ0) is 35.7. The molecule has 0 aliphatic heterocycles. The molecule has 5 aromatic carbocycles. The number of amides is 1. The molecule has 3 N–H and O–H groups in total. The van der Waals surface area contributed by atoms with E-state index in [1.165, 1.54) is 0 Å². The molecule has 0 saturated carbocycles. The number of rotatable bonds is 11. The van der Waals surface area contributed by atoms with Crippen LogP contribution in [0.3, 0.4) is 0 Å². The fourth-order valence-corrected chi connectivity index (χ4v) is 8.09. The molecule has 0 bridgehead atoms. The molecule has 12 heteroatoms. The van der Waals surface area contributed by atoms with Crippen molar-refractivity contribution in [1.82, 2.24) is 10.6 Å². The van der Waals surface area contributed by atoms with E-state index >= 15 is 0 Å². The summed E-state index contributed by atoms with van der Waals surface area (Å²) in [6.45, 7) is 0. The third kappa shape index (κ3) is 10.2. The summed E-state index contributed by atoms with van der Waals surface area (Å²) in [4.78, 5) is 14.2. The monoisotopic (exact) mass is 723 g/mol. The molecule has 5 aromatic rings. The van der Waals surface area contributed by atoms with Crippen LogP contribution in [0, 0.1) is 0 Å². The Hall–Kier alpha value is -4.73. The fourth-order valence-electron chi connectivity index (χ4n) is 5.41.